The highest BCUT2D eigenvalue weighted by atomic mass is 35.5. The minimum absolute atomic E-state index is 0.234. The van der Waals surface area contributed by atoms with Crippen LogP contribution in [0.2, 0.25) is 0 Å². The molecule has 2 aromatic rings. The van der Waals surface area contributed by atoms with Gasteiger partial charge in [-0.1, -0.05) is 24.3 Å². The van der Waals surface area contributed by atoms with Crippen molar-refractivity contribution in [3.8, 4) is 11.5 Å². The number of alkyl halides is 1. The highest BCUT2D eigenvalue weighted by molar-refractivity contribution is 6.23. The Bertz CT molecular complexity index is 566. The summed E-state index contributed by atoms with van der Waals surface area (Å²) in [5.41, 5.74) is 3.20. The lowest BCUT2D eigenvalue weighted by Crippen LogP contribution is -2.00. The Balaban J connectivity index is 2.44. The molecule has 0 radical (unpaired) electrons. The van der Waals surface area contributed by atoms with Gasteiger partial charge in [0.05, 0.1) is 19.6 Å². The number of hydrogen-bond acceptors (Lipinski definition) is 2. The number of methoxy groups -OCH3 is 2. The molecule has 0 saturated carbocycles. The Kier molecular flexibility index (Phi) is 4.33. The van der Waals surface area contributed by atoms with Gasteiger partial charge in [0.2, 0.25) is 0 Å². The molecule has 1 atom stereocenters. The molecular formula is C16H17ClO2. The predicted molar refractivity (Wildman–Crippen MR) is 78.4 cm³/mol. The normalized spacial score (nSPS) is 12.0. The van der Waals surface area contributed by atoms with Gasteiger partial charge >= 0.3 is 0 Å². The first-order valence-electron chi connectivity index (χ1n) is 6.09. The molecule has 100 valence electrons. The van der Waals surface area contributed by atoms with Crippen molar-refractivity contribution in [2.75, 3.05) is 14.2 Å². The Morgan fingerprint density at radius 1 is 0.947 bits per heavy atom. The number of ether oxygens (including phenoxy) is 2. The Hall–Kier alpha value is -1.67. The summed E-state index contributed by atoms with van der Waals surface area (Å²) in [4.78, 5) is 0. The third-order valence-electron chi connectivity index (χ3n) is 3.18. The van der Waals surface area contributed by atoms with E-state index in [0.717, 1.165) is 22.6 Å². The van der Waals surface area contributed by atoms with Crippen LogP contribution in [0.4, 0.5) is 0 Å². The third-order valence-corrected chi connectivity index (χ3v) is 3.65. The topological polar surface area (TPSA) is 18.5 Å². The molecule has 3 heteroatoms. The van der Waals surface area contributed by atoms with E-state index in [4.69, 9.17) is 21.1 Å². The second-order valence-corrected chi connectivity index (χ2v) is 4.76. The standard InChI is InChI=1S/C16H17ClO2/c1-11-6-4-5-7-13(11)16(17)14-9-8-12(18-2)10-15(14)19-3/h4-10,16H,1-3H3. The fourth-order valence-electron chi connectivity index (χ4n) is 2.07. The van der Waals surface area contributed by atoms with Gasteiger partial charge in [0.1, 0.15) is 11.5 Å². The molecule has 0 N–H and O–H groups in total. The molecule has 0 aromatic heterocycles. The number of rotatable bonds is 4. The smallest absolute Gasteiger partial charge is 0.127 e. The van der Waals surface area contributed by atoms with Crippen LogP contribution in [0, 0.1) is 6.92 Å². The zero-order valence-corrected chi connectivity index (χ0v) is 12.1. The van der Waals surface area contributed by atoms with E-state index in [1.54, 1.807) is 14.2 Å². The van der Waals surface area contributed by atoms with Crippen LogP contribution in [0.25, 0.3) is 0 Å². The monoisotopic (exact) mass is 276 g/mol. The van der Waals surface area contributed by atoms with Gasteiger partial charge in [-0.05, 0) is 30.2 Å². The fourth-order valence-corrected chi connectivity index (χ4v) is 2.49. The number of aryl methyl sites for hydroxylation is 1. The van der Waals surface area contributed by atoms with Crippen molar-refractivity contribution in [3.63, 3.8) is 0 Å². The van der Waals surface area contributed by atoms with Crippen LogP contribution in [0.5, 0.6) is 11.5 Å². The SMILES string of the molecule is COc1ccc(C(Cl)c2ccccc2C)c(OC)c1. The number of benzene rings is 2. The summed E-state index contributed by atoms with van der Waals surface area (Å²) in [6, 6.07) is 13.8. The lowest BCUT2D eigenvalue weighted by atomic mass is 9.99. The van der Waals surface area contributed by atoms with Gasteiger partial charge in [-0.3, -0.25) is 0 Å². The first-order chi connectivity index (χ1) is 9.17. The second-order valence-electron chi connectivity index (χ2n) is 4.33. The maximum absolute atomic E-state index is 6.60. The zero-order chi connectivity index (χ0) is 13.8. The molecular weight excluding hydrogens is 260 g/mol. The van der Waals surface area contributed by atoms with Crippen LogP contribution in [0.15, 0.2) is 42.5 Å². The van der Waals surface area contributed by atoms with E-state index in [-0.39, 0.29) is 5.38 Å². The summed E-state index contributed by atoms with van der Waals surface area (Å²) in [5.74, 6) is 1.50. The summed E-state index contributed by atoms with van der Waals surface area (Å²) < 4.78 is 10.6. The number of halogens is 1. The van der Waals surface area contributed by atoms with E-state index in [1.165, 1.54) is 5.56 Å². The molecule has 2 aromatic carbocycles. The van der Waals surface area contributed by atoms with Gasteiger partial charge in [-0.25, -0.2) is 0 Å². The molecule has 0 aliphatic heterocycles. The van der Waals surface area contributed by atoms with E-state index in [1.807, 2.05) is 36.4 Å². The summed E-state index contributed by atoms with van der Waals surface area (Å²) in [5, 5.41) is -0.234. The molecule has 0 amide bonds. The molecule has 0 aliphatic carbocycles. The predicted octanol–water partition coefficient (Wildman–Crippen LogP) is 4.34. The van der Waals surface area contributed by atoms with Crippen LogP contribution in [-0.2, 0) is 0 Å². The average Bonchev–Trinajstić information content (AvgIpc) is 2.46. The minimum Gasteiger partial charge on any atom is -0.497 e. The molecule has 2 nitrogen and oxygen atoms in total. The summed E-state index contributed by atoms with van der Waals surface area (Å²) in [6.45, 7) is 2.06. The third kappa shape index (κ3) is 2.85. The van der Waals surface area contributed by atoms with E-state index in [0.29, 0.717) is 0 Å². The molecule has 19 heavy (non-hydrogen) atoms. The zero-order valence-electron chi connectivity index (χ0n) is 11.3. The van der Waals surface area contributed by atoms with Crippen LogP contribution >= 0.6 is 11.6 Å². The van der Waals surface area contributed by atoms with Gasteiger partial charge in [-0.15, -0.1) is 11.6 Å². The molecule has 1 unspecified atom stereocenters. The van der Waals surface area contributed by atoms with Crippen molar-refractivity contribution in [2.45, 2.75) is 12.3 Å². The molecule has 2 rings (SSSR count). The van der Waals surface area contributed by atoms with E-state index in [9.17, 15) is 0 Å². The van der Waals surface area contributed by atoms with Gasteiger partial charge in [0, 0.05) is 11.6 Å². The van der Waals surface area contributed by atoms with Crippen LogP contribution in [0.1, 0.15) is 22.1 Å². The lowest BCUT2D eigenvalue weighted by Gasteiger charge is -2.17. The van der Waals surface area contributed by atoms with Crippen LogP contribution < -0.4 is 9.47 Å². The largest absolute Gasteiger partial charge is 0.497 e. The second kappa shape index (κ2) is 5.98. The fraction of sp³-hybridized carbons (Fsp3) is 0.250. The van der Waals surface area contributed by atoms with E-state index >= 15 is 0 Å². The Morgan fingerprint density at radius 2 is 1.68 bits per heavy atom. The summed E-state index contributed by atoms with van der Waals surface area (Å²) >= 11 is 6.60. The van der Waals surface area contributed by atoms with Gasteiger partial charge in [0.25, 0.3) is 0 Å². The van der Waals surface area contributed by atoms with Crippen molar-refractivity contribution in [1.82, 2.24) is 0 Å². The van der Waals surface area contributed by atoms with Crippen LogP contribution in [-0.4, -0.2) is 14.2 Å². The van der Waals surface area contributed by atoms with Crippen molar-refractivity contribution < 1.29 is 9.47 Å². The highest BCUT2D eigenvalue weighted by Crippen LogP contribution is 2.38. The minimum atomic E-state index is -0.234. The maximum atomic E-state index is 6.60. The summed E-state index contributed by atoms with van der Waals surface area (Å²) in [6.07, 6.45) is 0. The van der Waals surface area contributed by atoms with E-state index in [2.05, 4.69) is 13.0 Å². The molecule has 0 heterocycles. The van der Waals surface area contributed by atoms with Crippen LogP contribution in [0.3, 0.4) is 0 Å². The first kappa shape index (κ1) is 13.8. The Labute approximate surface area is 118 Å². The molecule has 0 fully saturated rings. The van der Waals surface area contributed by atoms with Gasteiger partial charge < -0.3 is 9.47 Å². The van der Waals surface area contributed by atoms with Gasteiger partial charge in [-0.2, -0.15) is 0 Å². The first-order valence-corrected chi connectivity index (χ1v) is 6.52. The van der Waals surface area contributed by atoms with Crippen molar-refractivity contribution in [2.24, 2.45) is 0 Å². The lowest BCUT2D eigenvalue weighted by molar-refractivity contribution is 0.391. The summed E-state index contributed by atoms with van der Waals surface area (Å²) in [7, 11) is 3.27. The molecule has 0 bridgehead atoms. The average molecular weight is 277 g/mol. The Morgan fingerprint density at radius 3 is 2.32 bits per heavy atom. The van der Waals surface area contributed by atoms with Gasteiger partial charge in [0.15, 0.2) is 0 Å². The quantitative estimate of drug-likeness (QED) is 0.774. The maximum Gasteiger partial charge on any atom is 0.127 e. The van der Waals surface area contributed by atoms with Crippen molar-refractivity contribution in [1.29, 1.82) is 0 Å². The number of hydrogen-bond donors (Lipinski definition) is 0. The van der Waals surface area contributed by atoms with Crippen molar-refractivity contribution >= 4 is 11.6 Å². The highest BCUT2D eigenvalue weighted by Gasteiger charge is 2.17. The van der Waals surface area contributed by atoms with E-state index < -0.39 is 0 Å². The molecule has 0 spiro atoms. The molecule has 0 aliphatic rings. The molecule has 0 saturated heterocycles. The van der Waals surface area contributed by atoms with Crippen molar-refractivity contribution in [3.05, 3.63) is 59.2 Å².